The Kier molecular flexibility index (Phi) is 5.37. The van der Waals surface area contributed by atoms with Gasteiger partial charge in [-0.05, 0) is 18.6 Å². The number of rotatable bonds is 6. The molecule has 1 aromatic carbocycles. The van der Waals surface area contributed by atoms with E-state index in [4.69, 9.17) is 14.6 Å². The van der Waals surface area contributed by atoms with Crippen LogP contribution < -0.4 is 9.47 Å². The van der Waals surface area contributed by atoms with Crippen molar-refractivity contribution in [2.24, 2.45) is 0 Å². The smallest absolute Gasteiger partial charge is 0.326 e. The fourth-order valence-electron chi connectivity index (χ4n) is 1.99. The third kappa shape index (κ3) is 3.01. The number of carboxylic acid groups (broad SMARTS) is 1. The van der Waals surface area contributed by atoms with Gasteiger partial charge < -0.3 is 19.5 Å². The third-order valence-corrected chi connectivity index (χ3v) is 3.10. The van der Waals surface area contributed by atoms with E-state index in [2.05, 4.69) is 0 Å². The second-order valence-electron chi connectivity index (χ2n) is 4.22. The largest absolute Gasteiger partial charge is 0.496 e. The summed E-state index contributed by atoms with van der Waals surface area (Å²) in [5.74, 6) is -0.798. The first-order valence-corrected chi connectivity index (χ1v) is 6.18. The summed E-state index contributed by atoms with van der Waals surface area (Å²) >= 11 is 0. The molecule has 0 spiro atoms. The minimum Gasteiger partial charge on any atom is -0.496 e. The number of hydrogen-bond donors (Lipinski definition) is 1. The van der Waals surface area contributed by atoms with Crippen molar-refractivity contribution in [3.05, 3.63) is 23.8 Å². The number of hydrogen-bond acceptors (Lipinski definition) is 4. The van der Waals surface area contributed by atoms with Crippen LogP contribution in [-0.4, -0.2) is 49.2 Å². The zero-order valence-corrected chi connectivity index (χ0v) is 12.0. The topological polar surface area (TPSA) is 76.1 Å². The number of amides is 1. The Bertz CT molecular complexity index is 478. The lowest BCUT2D eigenvalue weighted by molar-refractivity contribution is -0.142. The Morgan fingerprint density at radius 1 is 1.25 bits per heavy atom. The number of ether oxygens (including phenoxy) is 2. The van der Waals surface area contributed by atoms with Crippen LogP contribution in [0.2, 0.25) is 0 Å². The standard InChI is InChI=1S/C14H19NO5/c1-5-9(14(17)18)15(2)13(16)12-10(19-3)7-6-8-11(12)20-4/h6-9H,5H2,1-4H3,(H,17,18). The molecule has 0 saturated carbocycles. The Labute approximate surface area is 117 Å². The molecule has 110 valence electrons. The number of methoxy groups -OCH3 is 2. The summed E-state index contributed by atoms with van der Waals surface area (Å²) in [4.78, 5) is 24.9. The zero-order valence-electron chi connectivity index (χ0n) is 12.0. The molecule has 1 N–H and O–H groups in total. The van der Waals surface area contributed by atoms with E-state index in [0.717, 1.165) is 0 Å². The molecule has 1 aromatic rings. The van der Waals surface area contributed by atoms with E-state index in [0.29, 0.717) is 17.9 Å². The van der Waals surface area contributed by atoms with Gasteiger partial charge in [0.25, 0.3) is 5.91 Å². The molecule has 1 unspecified atom stereocenters. The predicted molar refractivity (Wildman–Crippen MR) is 73.4 cm³/mol. The monoisotopic (exact) mass is 281 g/mol. The molecular weight excluding hydrogens is 262 g/mol. The molecule has 0 fully saturated rings. The molecule has 0 aliphatic carbocycles. The molecule has 0 aromatic heterocycles. The molecular formula is C14H19NO5. The quantitative estimate of drug-likeness (QED) is 0.857. The number of carboxylic acids is 1. The second kappa shape index (κ2) is 6.79. The van der Waals surface area contributed by atoms with Gasteiger partial charge in [-0.3, -0.25) is 4.79 Å². The molecule has 0 heterocycles. The molecule has 6 nitrogen and oxygen atoms in total. The van der Waals surface area contributed by atoms with Gasteiger partial charge in [0.15, 0.2) is 0 Å². The van der Waals surface area contributed by atoms with E-state index >= 15 is 0 Å². The van der Waals surface area contributed by atoms with Crippen molar-refractivity contribution < 1.29 is 24.2 Å². The summed E-state index contributed by atoms with van der Waals surface area (Å²) < 4.78 is 10.3. The van der Waals surface area contributed by atoms with Crippen LogP contribution in [0.15, 0.2) is 18.2 Å². The number of benzene rings is 1. The maximum atomic E-state index is 12.5. The lowest BCUT2D eigenvalue weighted by Crippen LogP contribution is -2.42. The second-order valence-corrected chi connectivity index (χ2v) is 4.22. The van der Waals surface area contributed by atoms with Crippen molar-refractivity contribution in [3.8, 4) is 11.5 Å². The molecule has 0 radical (unpaired) electrons. The highest BCUT2D eigenvalue weighted by atomic mass is 16.5. The summed E-state index contributed by atoms with van der Waals surface area (Å²) in [6.45, 7) is 1.71. The van der Waals surface area contributed by atoms with Gasteiger partial charge in [0.1, 0.15) is 23.1 Å². The number of nitrogens with zero attached hydrogens (tertiary/aromatic N) is 1. The fourth-order valence-corrected chi connectivity index (χ4v) is 1.99. The Morgan fingerprint density at radius 2 is 1.75 bits per heavy atom. The van der Waals surface area contributed by atoms with Gasteiger partial charge in [-0.2, -0.15) is 0 Å². The van der Waals surface area contributed by atoms with Gasteiger partial charge in [0, 0.05) is 7.05 Å². The maximum Gasteiger partial charge on any atom is 0.326 e. The SMILES string of the molecule is CCC(C(=O)O)N(C)C(=O)c1c(OC)cccc1OC. The van der Waals surface area contributed by atoms with Crippen LogP contribution in [0, 0.1) is 0 Å². The third-order valence-electron chi connectivity index (χ3n) is 3.10. The summed E-state index contributed by atoms with van der Waals surface area (Å²) in [6.07, 6.45) is 0.315. The van der Waals surface area contributed by atoms with Gasteiger partial charge in [-0.25, -0.2) is 4.79 Å². The summed E-state index contributed by atoms with van der Waals surface area (Å²) in [5.41, 5.74) is 0.222. The number of carbonyl (C=O) groups is 2. The molecule has 0 aliphatic heterocycles. The minimum atomic E-state index is -1.04. The van der Waals surface area contributed by atoms with Crippen LogP contribution in [0.5, 0.6) is 11.5 Å². The Morgan fingerprint density at radius 3 is 2.10 bits per heavy atom. The normalized spacial score (nSPS) is 11.6. The average molecular weight is 281 g/mol. The van der Waals surface area contributed by atoms with Crippen molar-refractivity contribution in [1.82, 2.24) is 4.90 Å². The van der Waals surface area contributed by atoms with Crippen LogP contribution >= 0.6 is 0 Å². The van der Waals surface area contributed by atoms with E-state index < -0.39 is 17.9 Å². The molecule has 6 heteroatoms. The van der Waals surface area contributed by atoms with Gasteiger partial charge in [-0.1, -0.05) is 13.0 Å². The van der Waals surface area contributed by atoms with E-state index in [1.807, 2.05) is 0 Å². The molecule has 1 rings (SSSR count). The van der Waals surface area contributed by atoms with Crippen LogP contribution in [-0.2, 0) is 4.79 Å². The highest BCUT2D eigenvalue weighted by molar-refractivity contribution is 6.01. The van der Waals surface area contributed by atoms with Crippen LogP contribution in [0.4, 0.5) is 0 Å². The van der Waals surface area contributed by atoms with E-state index in [9.17, 15) is 9.59 Å². The van der Waals surface area contributed by atoms with Crippen molar-refractivity contribution in [1.29, 1.82) is 0 Å². The fraction of sp³-hybridized carbons (Fsp3) is 0.429. The lowest BCUT2D eigenvalue weighted by atomic mass is 10.1. The highest BCUT2D eigenvalue weighted by Gasteiger charge is 2.29. The zero-order chi connectivity index (χ0) is 15.3. The first-order valence-electron chi connectivity index (χ1n) is 6.18. The molecule has 20 heavy (non-hydrogen) atoms. The number of likely N-dealkylation sites (N-methyl/N-ethyl adjacent to an activating group) is 1. The summed E-state index contributed by atoms with van der Waals surface area (Å²) in [6, 6.07) is 4.07. The minimum absolute atomic E-state index is 0.222. The molecule has 0 saturated heterocycles. The summed E-state index contributed by atoms with van der Waals surface area (Å²) in [7, 11) is 4.34. The molecule has 1 atom stereocenters. The summed E-state index contributed by atoms with van der Waals surface area (Å²) in [5, 5.41) is 9.14. The van der Waals surface area contributed by atoms with E-state index in [1.54, 1.807) is 25.1 Å². The number of aliphatic carboxylic acids is 1. The van der Waals surface area contributed by atoms with E-state index in [-0.39, 0.29) is 5.56 Å². The maximum absolute atomic E-state index is 12.5. The van der Waals surface area contributed by atoms with Gasteiger partial charge in [-0.15, -0.1) is 0 Å². The first kappa shape index (κ1) is 15.8. The Balaban J connectivity index is 3.23. The van der Waals surface area contributed by atoms with Crippen LogP contribution in [0.1, 0.15) is 23.7 Å². The van der Waals surface area contributed by atoms with Gasteiger partial charge in [0.2, 0.25) is 0 Å². The van der Waals surface area contributed by atoms with Crippen molar-refractivity contribution in [2.45, 2.75) is 19.4 Å². The highest BCUT2D eigenvalue weighted by Crippen LogP contribution is 2.29. The molecule has 0 aliphatic rings. The lowest BCUT2D eigenvalue weighted by Gasteiger charge is -2.25. The van der Waals surface area contributed by atoms with Crippen LogP contribution in [0.25, 0.3) is 0 Å². The molecule has 1 amide bonds. The van der Waals surface area contributed by atoms with Crippen LogP contribution in [0.3, 0.4) is 0 Å². The van der Waals surface area contributed by atoms with Crippen molar-refractivity contribution in [3.63, 3.8) is 0 Å². The van der Waals surface area contributed by atoms with Gasteiger partial charge in [0.05, 0.1) is 14.2 Å². The molecule has 0 bridgehead atoms. The van der Waals surface area contributed by atoms with Crippen molar-refractivity contribution >= 4 is 11.9 Å². The first-order chi connectivity index (χ1) is 9.47. The predicted octanol–water partition coefficient (Wildman–Crippen LogP) is 1.64. The van der Waals surface area contributed by atoms with Crippen molar-refractivity contribution in [2.75, 3.05) is 21.3 Å². The van der Waals surface area contributed by atoms with E-state index in [1.165, 1.54) is 26.2 Å². The van der Waals surface area contributed by atoms with Gasteiger partial charge >= 0.3 is 5.97 Å². The number of carbonyl (C=O) groups excluding carboxylic acids is 1. The average Bonchev–Trinajstić information content (AvgIpc) is 2.45. The Hall–Kier alpha value is -2.24.